The van der Waals surface area contributed by atoms with Gasteiger partial charge in [-0.2, -0.15) is 0 Å². The standard InChI is InChI=1S/C12H15NO2/c1-9-3-4-10(13-8-9)12(5-2-6-12)7-11(14)15/h3-4,8H,2,5-7H2,1H3,(H,14,15). The molecule has 3 nitrogen and oxygen atoms in total. The van der Waals surface area contributed by atoms with Gasteiger partial charge in [-0.15, -0.1) is 0 Å². The molecule has 0 atom stereocenters. The van der Waals surface area contributed by atoms with Gasteiger partial charge in [-0.1, -0.05) is 12.5 Å². The smallest absolute Gasteiger partial charge is 0.304 e. The zero-order valence-electron chi connectivity index (χ0n) is 8.86. The third-order valence-electron chi connectivity index (χ3n) is 3.25. The van der Waals surface area contributed by atoms with E-state index in [0.29, 0.717) is 0 Å². The van der Waals surface area contributed by atoms with Crippen LogP contribution in [0.2, 0.25) is 0 Å². The number of rotatable bonds is 3. The number of pyridine rings is 1. The number of carbonyl (C=O) groups is 1. The second-order valence-electron chi connectivity index (χ2n) is 4.43. The molecule has 1 heterocycles. The molecule has 1 N–H and O–H groups in total. The quantitative estimate of drug-likeness (QED) is 0.823. The predicted molar refractivity (Wildman–Crippen MR) is 56.8 cm³/mol. The summed E-state index contributed by atoms with van der Waals surface area (Å²) in [5, 5.41) is 8.90. The number of aryl methyl sites for hydroxylation is 1. The minimum absolute atomic E-state index is 0.181. The van der Waals surface area contributed by atoms with Crippen LogP contribution in [-0.2, 0) is 10.2 Å². The van der Waals surface area contributed by atoms with Crippen LogP contribution in [0.15, 0.2) is 18.3 Å². The highest BCUT2D eigenvalue weighted by Gasteiger charge is 2.41. The van der Waals surface area contributed by atoms with Gasteiger partial charge in [-0.05, 0) is 31.4 Å². The van der Waals surface area contributed by atoms with Crippen molar-refractivity contribution in [2.75, 3.05) is 0 Å². The van der Waals surface area contributed by atoms with Crippen LogP contribution < -0.4 is 0 Å². The van der Waals surface area contributed by atoms with Crippen LogP contribution in [0.25, 0.3) is 0 Å². The summed E-state index contributed by atoms with van der Waals surface area (Å²) in [5.41, 5.74) is 1.88. The molecule has 0 aliphatic heterocycles. The molecular weight excluding hydrogens is 190 g/mol. The molecule has 1 aliphatic rings. The van der Waals surface area contributed by atoms with E-state index in [0.717, 1.165) is 30.5 Å². The first-order valence-electron chi connectivity index (χ1n) is 5.27. The lowest BCUT2D eigenvalue weighted by Gasteiger charge is -2.40. The van der Waals surface area contributed by atoms with Gasteiger partial charge in [0.2, 0.25) is 0 Å². The molecule has 0 spiro atoms. The largest absolute Gasteiger partial charge is 0.481 e. The van der Waals surface area contributed by atoms with E-state index in [1.165, 1.54) is 0 Å². The number of hydrogen-bond donors (Lipinski definition) is 1. The lowest BCUT2D eigenvalue weighted by atomic mass is 9.64. The van der Waals surface area contributed by atoms with Crippen LogP contribution in [-0.4, -0.2) is 16.1 Å². The second-order valence-corrected chi connectivity index (χ2v) is 4.43. The summed E-state index contributed by atoms with van der Waals surface area (Å²) in [6.45, 7) is 1.99. The van der Waals surface area contributed by atoms with Gasteiger partial charge in [0.1, 0.15) is 0 Å². The fraction of sp³-hybridized carbons (Fsp3) is 0.500. The lowest BCUT2D eigenvalue weighted by molar-refractivity contribution is -0.139. The highest BCUT2D eigenvalue weighted by atomic mass is 16.4. The zero-order valence-corrected chi connectivity index (χ0v) is 8.86. The molecule has 0 amide bonds. The molecule has 15 heavy (non-hydrogen) atoms. The van der Waals surface area contributed by atoms with Crippen LogP contribution in [0.5, 0.6) is 0 Å². The monoisotopic (exact) mass is 205 g/mol. The van der Waals surface area contributed by atoms with Gasteiger partial charge in [0.05, 0.1) is 6.42 Å². The fourth-order valence-corrected chi connectivity index (χ4v) is 2.20. The third kappa shape index (κ3) is 1.87. The van der Waals surface area contributed by atoms with Crippen LogP contribution >= 0.6 is 0 Å². The molecule has 1 aromatic rings. The van der Waals surface area contributed by atoms with Crippen molar-refractivity contribution in [3.63, 3.8) is 0 Å². The maximum Gasteiger partial charge on any atom is 0.304 e. The van der Waals surface area contributed by atoms with Gasteiger partial charge in [0.25, 0.3) is 0 Å². The van der Waals surface area contributed by atoms with Crippen LogP contribution in [0.1, 0.15) is 36.9 Å². The van der Waals surface area contributed by atoms with Crippen LogP contribution in [0.4, 0.5) is 0 Å². The average molecular weight is 205 g/mol. The Kier molecular flexibility index (Phi) is 2.47. The lowest BCUT2D eigenvalue weighted by Crippen LogP contribution is -2.37. The molecular formula is C12H15NO2. The van der Waals surface area contributed by atoms with E-state index in [1.807, 2.05) is 25.3 Å². The van der Waals surface area contributed by atoms with E-state index in [-0.39, 0.29) is 11.8 Å². The Morgan fingerprint density at radius 1 is 1.53 bits per heavy atom. The Balaban J connectivity index is 2.26. The SMILES string of the molecule is Cc1ccc(C2(CC(=O)O)CCC2)nc1. The van der Waals surface area contributed by atoms with Gasteiger partial charge in [-0.25, -0.2) is 0 Å². The van der Waals surface area contributed by atoms with Gasteiger partial charge >= 0.3 is 5.97 Å². The molecule has 1 aromatic heterocycles. The maximum atomic E-state index is 10.8. The van der Waals surface area contributed by atoms with E-state index >= 15 is 0 Å². The Labute approximate surface area is 89.2 Å². The predicted octanol–water partition coefficient (Wildman–Crippen LogP) is 2.29. The minimum Gasteiger partial charge on any atom is -0.481 e. The third-order valence-corrected chi connectivity index (χ3v) is 3.25. The van der Waals surface area contributed by atoms with E-state index < -0.39 is 5.97 Å². The molecule has 1 fully saturated rings. The summed E-state index contributed by atoms with van der Waals surface area (Å²) in [6.07, 6.45) is 5.05. The summed E-state index contributed by atoms with van der Waals surface area (Å²) < 4.78 is 0. The number of aromatic nitrogens is 1. The molecule has 0 saturated heterocycles. The van der Waals surface area contributed by atoms with E-state index in [2.05, 4.69) is 4.98 Å². The normalized spacial score (nSPS) is 18.2. The number of carboxylic acids is 1. The zero-order chi connectivity index (χ0) is 10.9. The summed E-state index contributed by atoms with van der Waals surface area (Å²) in [5.74, 6) is -0.725. The summed E-state index contributed by atoms with van der Waals surface area (Å²) in [4.78, 5) is 15.2. The first kappa shape index (κ1) is 10.1. The molecule has 3 heteroatoms. The Hall–Kier alpha value is -1.38. The van der Waals surface area contributed by atoms with Crippen molar-refractivity contribution in [1.29, 1.82) is 0 Å². The van der Waals surface area contributed by atoms with Gasteiger partial charge in [0.15, 0.2) is 0 Å². The molecule has 1 saturated carbocycles. The average Bonchev–Trinajstić information content (AvgIpc) is 2.13. The molecule has 0 unspecified atom stereocenters. The van der Waals surface area contributed by atoms with Crippen molar-refractivity contribution in [3.8, 4) is 0 Å². The number of aliphatic carboxylic acids is 1. The number of hydrogen-bond acceptors (Lipinski definition) is 2. The fourth-order valence-electron chi connectivity index (χ4n) is 2.20. The topological polar surface area (TPSA) is 50.2 Å². The summed E-state index contributed by atoms with van der Waals surface area (Å²) in [7, 11) is 0. The van der Waals surface area contributed by atoms with Gasteiger partial charge < -0.3 is 5.11 Å². The molecule has 0 bridgehead atoms. The number of nitrogens with zero attached hydrogens (tertiary/aromatic N) is 1. The van der Waals surface area contributed by atoms with Gasteiger partial charge in [-0.3, -0.25) is 9.78 Å². The van der Waals surface area contributed by atoms with Gasteiger partial charge in [0, 0.05) is 17.3 Å². The first-order chi connectivity index (χ1) is 7.12. The van der Waals surface area contributed by atoms with E-state index in [1.54, 1.807) is 0 Å². The van der Waals surface area contributed by atoms with Crippen molar-refractivity contribution in [2.45, 2.75) is 38.0 Å². The van der Waals surface area contributed by atoms with Crippen molar-refractivity contribution in [1.82, 2.24) is 4.98 Å². The minimum atomic E-state index is -0.725. The molecule has 0 radical (unpaired) electrons. The second kappa shape index (κ2) is 3.65. The Morgan fingerprint density at radius 2 is 2.27 bits per heavy atom. The highest BCUT2D eigenvalue weighted by Crippen LogP contribution is 2.45. The molecule has 80 valence electrons. The number of carboxylic acid groups (broad SMARTS) is 1. The first-order valence-corrected chi connectivity index (χ1v) is 5.27. The summed E-state index contributed by atoms with van der Waals surface area (Å²) >= 11 is 0. The summed E-state index contributed by atoms with van der Waals surface area (Å²) in [6, 6.07) is 3.97. The Bertz CT molecular complexity index is 366. The molecule has 0 aromatic carbocycles. The van der Waals surface area contributed by atoms with E-state index in [4.69, 9.17) is 5.11 Å². The molecule has 2 rings (SSSR count). The van der Waals surface area contributed by atoms with Crippen LogP contribution in [0.3, 0.4) is 0 Å². The van der Waals surface area contributed by atoms with Crippen molar-refractivity contribution in [2.24, 2.45) is 0 Å². The van der Waals surface area contributed by atoms with Crippen molar-refractivity contribution in [3.05, 3.63) is 29.6 Å². The van der Waals surface area contributed by atoms with Crippen molar-refractivity contribution < 1.29 is 9.90 Å². The Morgan fingerprint density at radius 3 is 2.67 bits per heavy atom. The molecule has 1 aliphatic carbocycles. The van der Waals surface area contributed by atoms with E-state index in [9.17, 15) is 4.79 Å². The van der Waals surface area contributed by atoms with Crippen molar-refractivity contribution >= 4 is 5.97 Å². The maximum absolute atomic E-state index is 10.8. The highest BCUT2D eigenvalue weighted by molar-refractivity contribution is 5.69. The van der Waals surface area contributed by atoms with Crippen LogP contribution in [0, 0.1) is 6.92 Å².